The lowest BCUT2D eigenvalue weighted by Gasteiger charge is -2.10. The Morgan fingerprint density at radius 1 is 1.33 bits per heavy atom. The van der Waals surface area contributed by atoms with Crippen LogP contribution >= 0.6 is 11.3 Å². The van der Waals surface area contributed by atoms with Gasteiger partial charge in [0.25, 0.3) is 0 Å². The molecule has 2 N–H and O–H groups in total. The van der Waals surface area contributed by atoms with Crippen LogP contribution in [0.15, 0.2) is 36.5 Å². The summed E-state index contributed by atoms with van der Waals surface area (Å²) in [6, 6.07) is 9.97. The molecule has 1 unspecified atom stereocenters. The van der Waals surface area contributed by atoms with E-state index in [1.807, 2.05) is 36.5 Å². The zero-order valence-electron chi connectivity index (χ0n) is 9.74. The molecule has 1 aromatic heterocycles. The monoisotopic (exact) mass is 259 g/mol. The number of nitrogens with two attached hydrogens (primary N) is 1. The van der Waals surface area contributed by atoms with Crippen molar-refractivity contribution < 1.29 is 4.79 Å². The van der Waals surface area contributed by atoms with Gasteiger partial charge in [0.15, 0.2) is 5.13 Å². The van der Waals surface area contributed by atoms with Crippen molar-refractivity contribution in [3.63, 3.8) is 0 Å². The molecule has 0 spiro atoms. The highest BCUT2D eigenvalue weighted by atomic mass is 32.1. The highest BCUT2D eigenvalue weighted by Crippen LogP contribution is 2.32. The van der Waals surface area contributed by atoms with Crippen LogP contribution in [-0.2, 0) is 4.79 Å². The van der Waals surface area contributed by atoms with Gasteiger partial charge in [0, 0.05) is 25.2 Å². The predicted octanol–water partition coefficient (Wildman–Crippen LogP) is 1.87. The molecule has 4 nitrogen and oxygen atoms in total. The van der Waals surface area contributed by atoms with Crippen LogP contribution < -0.4 is 10.6 Å². The Labute approximate surface area is 109 Å². The van der Waals surface area contributed by atoms with E-state index >= 15 is 0 Å². The second-order valence-electron chi connectivity index (χ2n) is 4.34. The SMILES string of the molecule is NC1CC(=O)N(c2ncc(-c3ccccc3)s2)C1. The van der Waals surface area contributed by atoms with Gasteiger partial charge in [0.05, 0.1) is 4.88 Å². The number of thiazole rings is 1. The maximum Gasteiger partial charge on any atom is 0.230 e. The average Bonchev–Trinajstić information content (AvgIpc) is 2.97. The minimum atomic E-state index is -0.0680. The lowest BCUT2D eigenvalue weighted by atomic mass is 10.2. The Morgan fingerprint density at radius 3 is 2.78 bits per heavy atom. The molecule has 0 aliphatic carbocycles. The van der Waals surface area contributed by atoms with Gasteiger partial charge in [-0.05, 0) is 5.56 Å². The standard InChI is InChI=1S/C13H13N3OS/c14-10-6-12(17)16(8-10)13-15-7-11(18-13)9-4-2-1-3-5-9/h1-5,7,10H,6,8,14H2. The molecule has 2 aromatic rings. The summed E-state index contributed by atoms with van der Waals surface area (Å²) in [5.74, 6) is 0.0662. The number of aromatic nitrogens is 1. The summed E-state index contributed by atoms with van der Waals surface area (Å²) in [5.41, 5.74) is 6.91. The molecule has 1 atom stereocenters. The fourth-order valence-corrected chi connectivity index (χ4v) is 2.99. The van der Waals surface area contributed by atoms with Crippen LogP contribution in [0.4, 0.5) is 5.13 Å². The van der Waals surface area contributed by atoms with E-state index in [2.05, 4.69) is 4.98 Å². The van der Waals surface area contributed by atoms with Gasteiger partial charge in [-0.3, -0.25) is 9.69 Å². The van der Waals surface area contributed by atoms with Crippen molar-refractivity contribution in [2.24, 2.45) is 5.73 Å². The van der Waals surface area contributed by atoms with Crippen LogP contribution in [-0.4, -0.2) is 23.5 Å². The zero-order chi connectivity index (χ0) is 12.5. The molecule has 92 valence electrons. The first kappa shape index (κ1) is 11.4. The van der Waals surface area contributed by atoms with E-state index in [1.54, 1.807) is 4.90 Å². The second-order valence-corrected chi connectivity index (χ2v) is 5.35. The maximum atomic E-state index is 11.7. The van der Waals surface area contributed by atoms with E-state index in [0.717, 1.165) is 15.6 Å². The quantitative estimate of drug-likeness (QED) is 0.895. The lowest BCUT2D eigenvalue weighted by Crippen LogP contribution is -2.27. The molecule has 2 heterocycles. The van der Waals surface area contributed by atoms with Gasteiger partial charge in [0.1, 0.15) is 0 Å². The van der Waals surface area contributed by atoms with Gasteiger partial charge in [-0.15, -0.1) is 0 Å². The molecule has 1 aliphatic rings. The molecule has 1 saturated heterocycles. The Bertz CT molecular complexity index is 567. The number of carbonyl (C=O) groups excluding carboxylic acids is 1. The van der Waals surface area contributed by atoms with Crippen LogP contribution in [0.2, 0.25) is 0 Å². The van der Waals surface area contributed by atoms with Gasteiger partial charge in [-0.2, -0.15) is 0 Å². The van der Waals surface area contributed by atoms with Gasteiger partial charge in [0.2, 0.25) is 5.91 Å². The fourth-order valence-electron chi connectivity index (χ4n) is 2.05. The smallest absolute Gasteiger partial charge is 0.230 e. The van der Waals surface area contributed by atoms with Crippen molar-refractivity contribution >= 4 is 22.4 Å². The van der Waals surface area contributed by atoms with Gasteiger partial charge in [-0.25, -0.2) is 4.98 Å². The number of carbonyl (C=O) groups is 1. The van der Waals surface area contributed by atoms with Crippen molar-refractivity contribution in [1.82, 2.24) is 4.98 Å². The van der Waals surface area contributed by atoms with E-state index in [4.69, 9.17) is 5.73 Å². The molecule has 0 bridgehead atoms. The fraction of sp³-hybridized carbons (Fsp3) is 0.231. The summed E-state index contributed by atoms with van der Waals surface area (Å²) in [6.07, 6.45) is 2.23. The Balaban J connectivity index is 1.88. The topological polar surface area (TPSA) is 59.2 Å². The number of amides is 1. The Kier molecular flexibility index (Phi) is 2.85. The zero-order valence-corrected chi connectivity index (χ0v) is 10.6. The van der Waals surface area contributed by atoms with E-state index in [9.17, 15) is 4.79 Å². The second kappa shape index (κ2) is 4.51. The summed E-state index contributed by atoms with van der Waals surface area (Å²) in [6.45, 7) is 0.570. The highest BCUT2D eigenvalue weighted by Gasteiger charge is 2.29. The number of rotatable bonds is 2. The minimum Gasteiger partial charge on any atom is -0.326 e. The van der Waals surface area contributed by atoms with Crippen LogP contribution in [0.3, 0.4) is 0 Å². The van der Waals surface area contributed by atoms with Crippen LogP contribution in [0, 0.1) is 0 Å². The maximum absolute atomic E-state index is 11.7. The van der Waals surface area contributed by atoms with Crippen molar-refractivity contribution in [2.45, 2.75) is 12.5 Å². The van der Waals surface area contributed by atoms with Crippen molar-refractivity contribution in [2.75, 3.05) is 11.4 Å². The number of nitrogens with zero attached hydrogens (tertiary/aromatic N) is 2. The summed E-state index contributed by atoms with van der Waals surface area (Å²) in [5, 5.41) is 0.742. The Hall–Kier alpha value is -1.72. The molecule has 0 radical (unpaired) electrons. The van der Waals surface area contributed by atoms with Crippen molar-refractivity contribution in [1.29, 1.82) is 0 Å². The number of benzene rings is 1. The predicted molar refractivity (Wildman–Crippen MR) is 72.5 cm³/mol. The van der Waals surface area contributed by atoms with E-state index < -0.39 is 0 Å². The highest BCUT2D eigenvalue weighted by molar-refractivity contribution is 7.19. The van der Waals surface area contributed by atoms with E-state index in [-0.39, 0.29) is 11.9 Å². The summed E-state index contributed by atoms with van der Waals surface area (Å²) >= 11 is 1.53. The molecule has 1 fully saturated rings. The molecule has 5 heteroatoms. The normalized spacial score (nSPS) is 19.5. The van der Waals surface area contributed by atoms with Gasteiger partial charge >= 0.3 is 0 Å². The third-order valence-corrected chi connectivity index (χ3v) is 4.01. The molecule has 3 rings (SSSR count). The summed E-state index contributed by atoms with van der Waals surface area (Å²) in [7, 11) is 0. The first-order valence-electron chi connectivity index (χ1n) is 5.81. The van der Waals surface area contributed by atoms with E-state index in [0.29, 0.717) is 13.0 Å². The van der Waals surface area contributed by atoms with E-state index in [1.165, 1.54) is 11.3 Å². The van der Waals surface area contributed by atoms with Crippen LogP contribution in [0.1, 0.15) is 6.42 Å². The Morgan fingerprint density at radius 2 is 2.11 bits per heavy atom. The molecule has 1 aliphatic heterocycles. The molecular formula is C13H13N3OS. The van der Waals surface area contributed by atoms with Crippen molar-refractivity contribution in [3.05, 3.63) is 36.5 Å². The largest absolute Gasteiger partial charge is 0.326 e. The third-order valence-electron chi connectivity index (χ3n) is 2.94. The van der Waals surface area contributed by atoms with Gasteiger partial charge < -0.3 is 5.73 Å². The first-order chi connectivity index (χ1) is 8.74. The number of hydrogen-bond acceptors (Lipinski definition) is 4. The van der Waals surface area contributed by atoms with Crippen LogP contribution in [0.5, 0.6) is 0 Å². The molecule has 0 saturated carbocycles. The minimum absolute atomic E-state index is 0.0662. The molecule has 18 heavy (non-hydrogen) atoms. The summed E-state index contributed by atoms with van der Waals surface area (Å²) < 4.78 is 0. The third kappa shape index (κ3) is 2.02. The van der Waals surface area contributed by atoms with Crippen molar-refractivity contribution in [3.8, 4) is 10.4 Å². The summed E-state index contributed by atoms with van der Waals surface area (Å²) in [4.78, 5) is 18.8. The van der Waals surface area contributed by atoms with Crippen LogP contribution in [0.25, 0.3) is 10.4 Å². The number of hydrogen-bond donors (Lipinski definition) is 1. The lowest BCUT2D eigenvalue weighted by molar-refractivity contribution is -0.117. The molecular weight excluding hydrogens is 246 g/mol. The first-order valence-corrected chi connectivity index (χ1v) is 6.63. The molecule has 1 amide bonds. The number of anilines is 1. The average molecular weight is 259 g/mol. The molecule has 1 aromatic carbocycles. The van der Waals surface area contributed by atoms with Gasteiger partial charge in [-0.1, -0.05) is 41.7 Å².